The Morgan fingerprint density at radius 1 is 1.35 bits per heavy atom. The van der Waals surface area contributed by atoms with Crippen LogP contribution in [0.3, 0.4) is 0 Å². The molecule has 1 aromatic heterocycles. The summed E-state index contributed by atoms with van der Waals surface area (Å²) in [6.07, 6.45) is 1.40. The summed E-state index contributed by atoms with van der Waals surface area (Å²) in [6, 6.07) is 4.88. The fraction of sp³-hybridized carbons (Fsp3) is 0.286. The molecule has 0 unspecified atom stereocenters. The molecule has 0 radical (unpaired) electrons. The fourth-order valence-corrected chi connectivity index (χ4v) is 2.66. The maximum Gasteiger partial charge on any atom is 0.149 e. The van der Waals surface area contributed by atoms with E-state index in [1.165, 1.54) is 18.3 Å². The maximum absolute atomic E-state index is 13.9. The van der Waals surface area contributed by atoms with Crippen LogP contribution < -0.4 is 4.90 Å². The summed E-state index contributed by atoms with van der Waals surface area (Å²) in [6.45, 7) is 2.42. The summed E-state index contributed by atoms with van der Waals surface area (Å²) in [4.78, 5) is 6.03. The number of anilines is 1. The van der Waals surface area contributed by atoms with Crippen molar-refractivity contribution in [3.8, 4) is 6.07 Å². The van der Waals surface area contributed by atoms with E-state index in [0.717, 1.165) is 0 Å². The number of morpholine rings is 1. The van der Waals surface area contributed by atoms with Gasteiger partial charge in [0.25, 0.3) is 0 Å². The molecule has 0 atom stereocenters. The van der Waals surface area contributed by atoms with Crippen LogP contribution in [0.5, 0.6) is 0 Å². The van der Waals surface area contributed by atoms with Crippen LogP contribution in [0.4, 0.5) is 10.1 Å². The Kier molecular flexibility index (Phi) is 3.43. The zero-order valence-corrected chi connectivity index (χ0v) is 11.3. The molecule has 4 nitrogen and oxygen atoms in total. The van der Waals surface area contributed by atoms with Crippen molar-refractivity contribution in [3.05, 3.63) is 34.7 Å². The average molecular weight is 292 g/mol. The van der Waals surface area contributed by atoms with Gasteiger partial charge in [-0.05, 0) is 12.1 Å². The first-order valence-corrected chi connectivity index (χ1v) is 6.59. The van der Waals surface area contributed by atoms with Gasteiger partial charge < -0.3 is 9.64 Å². The first-order valence-electron chi connectivity index (χ1n) is 6.22. The average Bonchev–Trinajstić information content (AvgIpc) is 2.50. The Bertz CT molecular complexity index is 708. The number of nitriles is 1. The number of rotatable bonds is 1. The molecule has 0 amide bonds. The van der Waals surface area contributed by atoms with Gasteiger partial charge in [-0.25, -0.2) is 4.39 Å². The van der Waals surface area contributed by atoms with Crippen molar-refractivity contribution in [2.45, 2.75) is 0 Å². The second kappa shape index (κ2) is 5.23. The highest BCUT2D eigenvalue weighted by molar-refractivity contribution is 6.36. The quantitative estimate of drug-likeness (QED) is 0.810. The van der Waals surface area contributed by atoms with Crippen LogP contribution in [-0.4, -0.2) is 31.3 Å². The summed E-state index contributed by atoms with van der Waals surface area (Å²) < 4.78 is 19.2. The second-order valence-electron chi connectivity index (χ2n) is 4.48. The third kappa shape index (κ3) is 2.07. The molecule has 1 aliphatic rings. The molecule has 0 bridgehead atoms. The number of pyridine rings is 1. The van der Waals surface area contributed by atoms with Gasteiger partial charge in [0.15, 0.2) is 0 Å². The van der Waals surface area contributed by atoms with Crippen LogP contribution >= 0.6 is 11.6 Å². The van der Waals surface area contributed by atoms with Gasteiger partial charge >= 0.3 is 0 Å². The largest absolute Gasteiger partial charge is 0.378 e. The minimum atomic E-state index is -0.441. The number of aromatic nitrogens is 1. The van der Waals surface area contributed by atoms with E-state index >= 15 is 0 Å². The molecule has 0 saturated carbocycles. The van der Waals surface area contributed by atoms with Crippen molar-refractivity contribution in [3.63, 3.8) is 0 Å². The third-order valence-corrected chi connectivity index (χ3v) is 3.66. The second-order valence-corrected chi connectivity index (χ2v) is 4.89. The summed E-state index contributed by atoms with van der Waals surface area (Å²) in [7, 11) is 0. The van der Waals surface area contributed by atoms with Crippen LogP contribution in [0.1, 0.15) is 5.56 Å². The maximum atomic E-state index is 13.9. The molecule has 2 heterocycles. The van der Waals surface area contributed by atoms with Gasteiger partial charge in [0, 0.05) is 24.7 Å². The number of hydrogen-bond donors (Lipinski definition) is 0. The summed E-state index contributed by atoms with van der Waals surface area (Å²) >= 11 is 6.21. The Balaban J connectivity index is 2.31. The molecule has 1 aromatic carbocycles. The molecule has 0 spiro atoms. The van der Waals surface area contributed by atoms with Gasteiger partial charge in [-0.3, -0.25) is 4.98 Å². The molecule has 2 aromatic rings. The Morgan fingerprint density at radius 3 is 2.80 bits per heavy atom. The standard InChI is InChI=1S/C14H11ClFN3O/c15-10-1-2-11(16)13-12(10)14(9(7-17)8-18-13)19-3-5-20-6-4-19/h1-2,8H,3-6H2. The van der Waals surface area contributed by atoms with Crippen molar-refractivity contribution in [2.75, 3.05) is 31.2 Å². The van der Waals surface area contributed by atoms with E-state index in [4.69, 9.17) is 16.3 Å². The Hall–Kier alpha value is -1.90. The molecule has 1 saturated heterocycles. The lowest BCUT2D eigenvalue weighted by Crippen LogP contribution is -2.36. The number of fused-ring (bicyclic) bond motifs is 1. The van der Waals surface area contributed by atoms with Gasteiger partial charge in [-0.2, -0.15) is 5.26 Å². The molecule has 0 N–H and O–H groups in total. The molecule has 3 rings (SSSR count). The lowest BCUT2D eigenvalue weighted by atomic mass is 10.1. The minimum Gasteiger partial charge on any atom is -0.378 e. The van der Waals surface area contributed by atoms with E-state index in [1.807, 2.05) is 4.90 Å². The van der Waals surface area contributed by atoms with Gasteiger partial charge in [0.05, 0.1) is 29.5 Å². The SMILES string of the molecule is N#Cc1cnc2c(F)ccc(Cl)c2c1N1CCOCC1. The van der Waals surface area contributed by atoms with E-state index < -0.39 is 5.82 Å². The lowest BCUT2D eigenvalue weighted by Gasteiger charge is -2.30. The van der Waals surface area contributed by atoms with Crippen LogP contribution in [0.25, 0.3) is 10.9 Å². The van der Waals surface area contributed by atoms with Crippen molar-refractivity contribution in [1.82, 2.24) is 4.98 Å². The Labute approximate surface area is 120 Å². The minimum absolute atomic E-state index is 0.193. The predicted molar refractivity (Wildman–Crippen MR) is 74.5 cm³/mol. The molecule has 0 aliphatic carbocycles. The summed E-state index contributed by atoms with van der Waals surface area (Å²) in [5.74, 6) is -0.441. The third-order valence-electron chi connectivity index (χ3n) is 3.34. The van der Waals surface area contributed by atoms with Crippen LogP contribution in [0.2, 0.25) is 5.02 Å². The van der Waals surface area contributed by atoms with E-state index in [1.54, 1.807) is 0 Å². The molecule has 6 heteroatoms. The van der Waals surface area contributed by atoms with Crippen LogP contribution in [0.15, 0.2) is 18.3 Å². The van der Waals surface area contributed by atoms with E-state index in [-0.39, 0.29) is 5.52 Å². The highest BCUT2D eigenvalue weighted by Crippen LogP contribution is 2.35. The van der Waals surface area contributed by atoms with Crippen molar-refractivity contribution in [2.24, 2.45) is 0 Å². The number of benzene rings is 1. The number of hydrogen-bond acceptors (Lipinski definition) is 4. The molecular weight excluding hydrogens is 281 g/mol. The normalized spacial score (nSPS) is 15.3. The van der Waals surface area contributed by atoms with Gasteiger partial charge in [0.2, 0.25) is 0 Å². The van der Waals surface area contributed by atoms with E-state index in [2.05, 4.69) is 11.1 Å². The molecule has 102 valence electrons. The van der Waals surface area contributed by atoms with Crippen molar-refractivity contribution in [1.29, 1.82) is 5.26 Å². The van der Waals surface area contributed by atoms with E-state index in [0.29, 0.717) is 48.0 Å². The fourth-order valence-electron chi connectivity index (χ4n) is 2.41. The lowest BCUT2D eigenvalue weighted by molar-refractivity contribution is 0.123. The Morgan fingerprint density at radius 2 is 2.10 bits per heavy atom. The number of ether oxygens (including phenoxy) is 1. The molecule has 1 fully saturated rings. The topological polar surface area (TPSA) is 49.2 Å². The van der Waals surface area contributed by atoms with E-state index in [9.17, 15) is 9.65 Å². The summed E-state index contributed by atoms with van der Waals surface area (Å²) in [5.41, 5.74) is 1.23. The zero-order valence-electron chi connectivity index (χ0n) is 10.6. The molecule has 20 heavy (non-hydrogen) atoms. The zero-order chi connectivity index (χ0) is 14.1. The predicted octanol–water partition coefficient (Wildman–Crippen LogP) is 2.74. The van der Waals surface area contributed by atoms with Crippen molar-refractivity contribution >= 4 is 28.2 Å². The highest BCUT2D eigenvalue weighted by Gasteiger charge is 2.21. The highest BCUT2D eigenvalue weighted by atomic mass is 35.5. The number of halogens is 2. The van der Waals surface area contributed by atoms with Gasteiger partial charge in [-0.15, -0.1) is 0 Å². The number of nitrogens with zero attached hydrogens (tertiary/aromatic N) is 3. The molecule has 1 aliphatic heterocycles. The first kappa shape index (κ1) is 13.1. The van der Waals surface area contributed by atoms with Gasteiger partial charge in [-0.1, -0.05) is 11.6 Å². The van der Waals surface area contributed by atoms with Crippen molar-refractivity contribution < 1.29 is 9.13 Å². The monoisotopic (exact) mass is 291 g/mol. The van der Waals surface area contributed by atoms with Crippen LogP contribution in [-0.2, 0) is 4.74 Å². The smallest absolute Gasteiger partial charge is 0.149 e. The first-order chi connectivity index (χ1) is 9.72. The van der Waals surface area contributed by atoms with Gasteiger partial charge in [0.1, 0.15) is 17.4 Å². The van der Waals surface area contributed by atoms with Crippen LogP contribution in [0, 0.1) is 17.1 Å². The molecular formula is C14H11ClFN3O. The summed E-state index contributed by atoms with van der Waals surface area (Å²) in [5, 5.41) is 10.2.